The molecule has 3 nitrogen and oxygen atoms in total. The van der Waals surface area contributed by atoms with Crippen LogP contribution in [0.3, 0.4) is 0 Å². The molecule has 0 aliphatic carbocycles. The monoisotopic (exact) mass is 256 g/mol. The SMILES string of the molecule is C=C(C)c1ccc(C(=O)N2CC3CNCC3C2)cc1. The fourth-order valence-electron chi connectivity index (χ4n) is 3.10. The number of rotatable bonds is 2. The Morgan fingerprint density at radius 2 is 1.68 bits per heavy atom. The summed E-state index contributed by atoms with van der Waals surface area (Å²) < 4.78 is 0. The fraction of sp³-hybridized carbons (Fsp3) is 0.438. The fourth-order valence-corrected chi connectivity index (χ4v) is 3.10. The molecule has 2 aliphatic rings. The Kier molecular flexibility index (Phi) is 3.15. The van der Waals surface area contributed by atoms with Gasteiger partial charge >= 0.3 is 0 Å². The highest BCUT2D eigenvalue weighted by Gasteiger charge is 2.38. The van der Waals surface area contributed by atoms with E-state index in [2.05, 4.69) is 11.9 Å². The molecule has 0 radical (unpaired) electrons. The first-order valence-electron chi connectivity index (χ1n) is 6.91. The van der Waals surface area contributed by atoms with Gasteiger partial charge in [0.1, 0.15) is 0 Å². The van der Waals surface area contributed by atoms with Crippen molar-refractivity contribution in [2.75, 3.05) is 26.2 Å². The highest BCUT2D eigenvalue weighted by molar-refractivity contribution is 5.94. The van der Waals surface area contributed by atoms with Crippen LogP contribution in [-0.4, -0.2) is 37.0 Å². The van der Waals surface area contributed by atoms with E-state index in [-0.39, 0.29) is 5.91 Å². The standard InChI is InChI=1S/C16H20N2O/c1-11(2)12-3-5-13(6-4-12)16(19)18-9-14-7-17-8-15(14)10-18/h3-6,14-15,17H,1,7-10H2,2H3. The molecule has 2 fully saturated rings. The van der Waals surface area contributed by atoms with E-state index in [0.717, 1.165) is 42.9 Å². The van der Waals surface area contributed by atoms with E-state index in [9.17, 15) is 4.79 Å². The van der Waals surface area contributed by atoms with Crippen LogP contribution in [-0.2, 0) is 0 Å². The number of nitrogens with zero attached hydrogens (tertiary/aromatic N) is 1. The largest absolute Gasteiger partial charge is 0.338 e. The second-order valence-corrected chi connectivity index (χ2v) is 5.75. The number of likely N-dealkylation sites (tertiary alicyclic amines) is 1. The van der Waals surface area contributed by atoms with Crippen LogP contribution in [0.1, 0.15) is 22.8 Å². The van der Waals surface area contributed by atoms with Gasteiger partial charge in [0.25, 0.3) is 5.91 Å². The van der Waals surface area contributed by atoms with E-state index >= 15 is 0 Å². The van der Waals surface area contributed by atoms with Crippen LogP contribution >= 0.6 is 0 Å². The van der Waals surface area contributed by atoms with Gasteiger partial charge in [0.05, 0.1) is 0 Å². The molecule has 0 saturated carbocycles. The first kappa shape index (κ1) is 12.4. The quantitative estimate of drug-likeness (QED) is 0.878. The van der Waals surface area contributed by atoms with E-state index in [1.54, 1.807) is 0 Å². The third-order valence-electron chi connectivity index (χ3n) is 4.30. The minimum absolute atomic E-state index is 0.169. The van der Waals surface area contributed by atoms with Gasteiger partial charge in [0, 0.05) is 31.7 Å². The lowest BCUT2D eigenvalue weighted by Gasteiger charge is -2.17. The van der Waals surface area contributed by atoms with Crippen molar-refractivity contribution in [1.29, 1.82) is 0 Å². The number of hydrogen-bond acceptors (Lipinski definition) is 2. The number of nitrogens with one attached hydrogen (secondary N) is 1. The van der Waals surface area contributed by atoms with Gasteiger partial charge < -0.3 is 10.2 Å². The number of hydrogen-bond donors (Lipinski definition) is 1. The minimum Gasteiger partial charge on any atom is -0.338 e. The van der Waals surface area contributed by atoms with Gasteiger partial charge in [-0.05, 0) is 36.5 Å². The average Bonchev–Trinajstić information content (AvgIpc) is 2.98. The summed E-state index contributed by atoms with van der Waals surface area (Å²) in [5.74, 6) is 1.47. The first-order chi connectivity index (χ1) is 9.15. The highest BCUT2D eigenvalue weighted by atomic mass is 16.2. The van der Waals surface area contributed by atoms with Crippen LogP contribution in [0.4, 0.5) is 0 Å². The summed E-state index contributed by atoms with van der Waals surface area (Å²) in [6.45, 7) is 9.81. The van der Waals surface area contributed by atoms with Crippen molar-refractivity contribution in [3.63, 3.8) is 0 Å². The molecule has 3 rings (SSSR count). The Labute approximate surface area is 114 Å². The minimum atomic E-state index is 0.169. The third kappa shape index (κ3) is 2.30. The van der Waals surface area contributed by atoms with E-state index in [1.807, 2.05) is 36.1 Å². The summed E-state index contributed by atoms with van der Waals surface area (Å²) >= 11 is 0. The van der Waals surface area contributed by atoms with Gasteiger partial charge in [0.15, 0.2) is 0 Å². The van der Waals surface area contributed by atoms with Crippen LogP contribution in [0.25, 0.3) is 5.57 Å². The third-order valence-corrected chi connectivity index (χ3v) is 4.30. The first-order valence-corrected chi connectivity index (χ1v) is 6.91. The lowest BCUT2D eigenvalue weighted by atomic mass is 10.0. The summed E-state index contributed by atoms with van der Waals surface area (Å²) in [7, 11) is 0. The van der Waals surface area contributed by atoms with Gasteiger partial charge in [-0.3, -0.25) is 4.79 Å². The molecule has 2 heterocycles. The van der Waals surface area contributed by atoms with Gasteiger partial charge in [-0.15, -0.1) is 0 Å². The van der Waals surface area contributed by atoms with Crippen molar-refractivity contribution in [3.8, 4) is 0 Å². The van der Waals surface area contributed by atoms with Crippen molar-refractivity contribution in [3.05, 3.63) is 42.0 Å². The number of amides is 1. The Balaban J connectivity index is 1.72. The molecular weight excluding hydrogens is 236 g/mol. The Morgan fingerprint density at radius 1 is 1.16 bits per heavy atom. The zero-order valence-corrected chi connectivity index (χ0v) is 11.4. The lowest BCUT2D eigenvalue weighted by molar-refractivity contribution is 0.0781. The molecule has 2 unspecified atom stereocenters. The predicted molar refractivity (Wildman–Crippen MR) is 76.9 cm³/mol. The number of allylic oxidation sites excluding steroid dienone is 1. The molecule has 1 amide bonds. The molecule has 0 bridgehead atoms. The summed E-state index contributed by atoms with van der Waals surface area (Å²) in [5.41, 5.74) is 2.91. The molecule has 0 aromatic heterocycles. The van der Waals surface area contributed by atoms with Gasteiger partial charge in [-0.25, -0.2) is 0 Å². The summed E-state index contributed by atoms with van der Waals surface area (Å²) in [6.07, 6.45) is 0. The van der Waals surface area contributed by atoms with Crippen LogP contribution in [0, 0.1) is 11.8 Å². The molecule has 1 aromatic carbocycles. The number of carbonyl (C=O) groups is 1. The Bertz CT molecular complexity index is 494. The van der Waals surface area contributed by atoms with E-state index < -0.39 is 0 Å². The molecule has 2 aliphatic heterocycles. The number of fused-ring (bicyclic) bond motifs is 1. The van der Waals surface area contributed by atoms with Crippen LogP contribution < -0.4 is 5.32 Å². The second kappa shape index (κ2) is 4.82. The van der Waals surface area contributed by atoms with Crippen molar-refractivity contribution in [1.82, 2.24) is 10.2 Å². The van der Waals surface area contributed by atoms with Gasteiger partial charge in [-0.1, -0.05) is 24.3 Å². The molecule has 1 N–H and O–H groups in total. The van der Waals surface area contributed by atoms with E-state index in [0.29, 0.717) is 11.8 Å². The van der Waals surface area contributed by atoms with E-state index in [1.165, 1.54) is 0 Å². The van der Waals surface area contributed by atoms with Gasteiger partial charge in [-0.2, -0.15) is 0 Å². The topological polar surface area (TPSA) is 32.3 Å². The molecule has 2 atom stereocenters. The predicted octanol–water partition coefficient (Wildman–Crippen LogP) is 2.01. The highest BCUT2D eigenvalue weighted by Crippen LogP contribution is 2.27. The maximum Gasteiger partial charge on any atom is 0.253 e. The Morgan fingerprint density at radius 3 is 2.21 bits per heavy atom. The molecule has 100 valence electrons. The normalized spacial score (nSPS) is 25.4. The zero-order valence-electron chi connectivity index (χ0n) is 11.4. The molecule has 2 saturated heterocycles. The van der Waals surface area contributed by atoms with Crippen LogP contribution in [0.5, 0.6) is 0 Å². The summed E-state index contributed by atoms with van der Waals surface area (Å²) in [5, 5.41) is 3.40. The Hall–Kier alpha value is -1.61. The van der Waals surface area contributed by atoms with Gasteiger partial charge in [0.2, 0.25) is 0 Å². The smallest absolute Gasteiger partial charge is 0.253 e. The summed E-state index contributed by atoms with van der Waals surface area (Å²) in [6, 6.07) is 7.79. The van der Waals surface area contributed by atoms with Crippen LogP contribution in [0.15, 0.2) is 30.8 Å². The van der Waals surface area contributed by atoms with Crippen LogP contribution in [0.2, 0.25) is 0 Å². The molecule has 19 heavy (non-hydrogen) atoms. The maximum atomic E-state index is 12.4. The van der Waals surface area contributed by atoms with E-state index in [4.69, 9.17) is 0 Å². The summed E-state index contributed by atoms with van der Waals surface area (Å²) in [4.78, 5) is 14.4. The van der Waals surface area contributed by atoms with Crippen molar-refractivity contribution >= 4 is 11.5 Å². The second-order valence-electron chi connectivity index (χ2n) is 5.75. The number of carbonyl (C=O) groups excluding carboxylic acids is 1. The average molecular weight is 256 g/mol. The molecule has 0 spiro atoms. The van der Waals surface area contributed by atoms with Crippen molar-refractivity contribution < 1.29 is 4.79 Å². The lowest BCUT2D eigenvalue weighted by Crippen LogP contribution is -2.31. The van der Waals surface area contributed by atoms with Crippen molar-refractivity contribution in [2.24, 2.45) is 11.8 Å². The zero-order chi connectivity index (χ0) is 13.4. The number of benzene rings is 1. The molecule has 1 aromatic rings. The molecular formula is C16H20N2O. The maximum absolute atomic E-state index is 12.4. The van der Waals surface area contributed by atoms with Crippen molar-refractivity contribution in [2.45, 2.75) is 6.92 Å². The molecule has 3 heteroatoms.